The van der Waals surface area contributed by atoms with Gasteiger partial charge in [0.05, 0.1) is 5.69 Å². The zero-order valence-corrected chi connectivity index (χ0v) is 18.4. The van der Waals surface area contributed by atoms with Crippen molar-refractivity contribution in [1.82, 2.24) is 0 Å². The summed E-state index contributed by atoms with van der Waals surface area (Å²) < 4.78 is 31.5. The van der Waals surface area contributed by atoms with Crippen LogP contribution in [0.2, 0.25) is 5.02 Å². The van der Waals surface area contributed by atoms with Crippen LogP contribution in [0, 0.1) is 0 Å². The van der Waals surface area contributed by atoms with E-state index in [-0.39, 0.29) is 11.8 Å². The molecule has 0 saturated carbocycles. The number of carbonyl (C=O) groups excluding carboxylic acids is 3. The highest BCUT2D eigenvalue weighted by atomic mass is 35.5. The van der Waals surface area contributed by atoms with Gasteiger partial charge in [-0.1, -0.05) is 35.9 Å². The molecule has 1 aromatic heterocycles. The number of rotatable bonds is 2. The van der Waals surface area contributed by atoms with E-state index in [0.717, 1.165) is 16.5 Å². The van der Waals surface area contributed by atoms with Gasteiger partial charge in [-0.3, -0.25) is 9.59 Å². The summed E-state index contributed by atoms with van der Waals surface area (Å²) in [7, 11) is 0. The number of nitrogens with one attached hydrogen (secondary N) is 1. The molecular weight excluding hydrogens is 485 g/mol. The van der Waals surface area contributed by atoms with Crippen molar-refractivity contribution in [3.8, 4) is 11.1 Å². The predicted molar refractivity (Wildman–Crippen MR) is 120 cm³/mol. The van der Waals surface area contributed by atoms with E-state index in [0.29, 0.717) is 27.2 Å². The molecule has 5 rings (SSSR count). The van der Waals surface area contributed by atoms with Crippen molar-refractivity contribution in [3.63, 3.8) is 0 Å². The van der Waals surface area contributed by atoms with Crippen molar-refractivity contribution in [1.29, 1.82) is 0 Å². The Hall–Kier alpha value is -4.24. The zero-order chi connectivity index (χ0) is 25.3. The number of nitrogens with zero attached hydrogens (tertiary/aromatic N) is 1. The highest BCUT2D eigenvalue weighted by Crippen LogP contribution is 2.37. The smallest absolute Gasteiger partial charge is 0.430 e. The molecule has 0 atom stereocenters. The van der Waals surface area contributed by atoms with Crippen LogP contribution in [0.1, 0.15) is 20.7 Å². The van der Waals surface area contributed by atoms with Crippen molar-refractivity contribution in [2.45, 2.75) is 6.18 Å². The second-order valence-corrected chi connectivity index (χ2v) is 7.82. The van der Waals surface area contributed by atoms with Gasteiger partial charge in [-0.15, -0.1) is 0 Å². The largest absolute Gasteiger partial charge is 0.542 e. The van der Waals surface area contributed by atoms with Gasteiger partial charge >= 0.3 is 6.18 Å². The Morgan fingerprint density at radius 2 is 1.43 bits per heavy atom. The maximum absolute atomic E-state index is 13.2. The second kappa shape index (κ2) is 9.19. The van der Waals surface area contributed by atoms with E-state index in [1.54, 1.807) is 36.4 Å². The molecular formula is C25H14ClF3N2O4. The lowest BCUT2D eigenvalue weighted by Crippen LogP contribution is -2.40. The van der Waals surface area contributed by atoms with Crippen molar-refractivity contribution in [2.24, 2.45) is 0 Å². The van der Waals surface area contributed by atoms with Crippen molar-refractivity contribution in [2.75, 3.05) is 4.90 Å². The number of imide groups is 1. The number of halogens is 4. The fourth-order valence-electron chi connectivity index (χ4n) is 3.76. The standard InChI is InChI=1S/C23H13ClN2O2.C2HF3O2/c24-15-3-1-4-16(13-15)26-22(27)19-6-2-5-18-17(14-9-11-25-12-10-14)7-8-20(21(18)19)23(26)28;3-2(4,5)1(6)7/h1-13H;(H,6,7). The molecule has 0 aliphatic carbocycles. The predicted octanol–water partition coefficient (Wildman–Crippen LogP) is 4.07. The Morgan fingerprint density at radius 1 is 0.857 bits per heavy atom. The summed E-state index contributed by atoms with van der Waals surface area (Å²) in [6.45, 7) is 0. The minimum atomic E-state index is -5.19. The molecule has 10 heteroatoms. The molecule has 6 nitrogen and oxygen atoms in total. The van der Waals surface area contributed by atoms with Crippen molar-refractivity contribution >= 4 is 45.8 Å². The van der Waals surface area contributed by atoms with Gasteiger partial charge < -0.3 is 9.90 Å². The zero-order valence-electron chi connectivity index (χ0n) is 17.6. The Balaban J connectivity index is 0.000000364. The molecule has 0 spiro atoms. The average molecular weight is 499 g/mol. The molecule has 176 valence electrons. The van der Waals surface area contributed by atoms with E-state index >= 15 is 0 Å². The first kappa shape index (κ1) is 23.9. The van der Waals surface area contributed by atoms with E-state index in [1.807, 2.05) is 42.7 Å². The molecule has 2 amide bonds. The number of aliphatic carboxylic acids is 1. The summed E-state index contributed by atoms with van der Waals surface area (Å²) >= 11 is 6.08. The van der Waals surface area contributed by atoms with Gasteiger partial charge in [-0.2, -0.15) is 13.2 Å². The molecule has 1 N–H and O–H groups in total. The summed E-state index contributed by atoms with van der Waals surface area (Å²) in [6, 6.07) is 20.0. The molecule has 0 radical (unpaired) electrons. The minimum absolute atomic E-state index is 0.344. The van der Waals surface area contributed by atoms with Gasteiger partial charge in [0, 0.05) is 33.7 Å². The summed E-state index contributed by atoms with van der Waals surface area (Å²) in [4.78, 5) is 39.5. The van der Waals surface area contributed by atoms with Gasteiger partial charge in [0.1, 0.15) is 5.97 Å². The van der Waals surface area contributed by atoms with Crippen LogP contribution in [0.4, 0.5) is 18.9 Å². The van der Waals surface area contributed by atoms with E-state index in [4.69, 9.17) is 21.5 Å². The highest BCUT2D eigenvalue weighted by molar-refractivity contribution is 6.37. The van der Waals surface area contributed by atoms with Gasteiger partial charge in [-0.05, 0) is 46.8 Å². The second-order valence-electron chi connectivity index (χ2n) is 7.39. The molecule has 0 saturated heterocycles. The number of anilines is 1. The summed E-state index contributed by atoms with van der Waals surface area (Å²) in [6.07, 6.45) is -1.50. The van der Waals surface area contributed by atoms with Crippen LogP contribution in [0.25, 0.3) is 21.9 Å². The van der Waals surface area contributed by atoms with Crippen LogP contribution in [-0.4, -0.2) is 24.0 Å². The Labute approximate surface area is 201 Å². The van der Waals surface area contributed by atoms with E-state index in [9.17, 15) is 22.8 Å². The van der Waals surface area contributed by atoms with E-state index < -0.39 is 12.1 Å². The number of benzene rings is 3. The number of carboxylic acid groups (broad SMARTS) is 1. The maximum atomic E-state index is 13.2. The fraction of sp³-hybridized carbons (Fsp3) is 0.0400. The Kier molecular flexibility index (Phi) is 6.27. The van der Waals surface area contributed by atoms with Crippen LogP contribution in [0.3, 0.4) is 0 Å². The number of aromatic amines is 1. The number of pyridine rings is 1. The number of carboxylic acids is 1. The van der Waals surface area contributed by atoms with Crippen LogP contribution >= 0.6 is 11.6 Å². The third kappa shape index (κ3) is 4.58. The highest BCUT2D eigenvalue weighted by Gasteiger charge is 2.34. The number of alkyl halides is 3. The summed E-state index contributed by atoms with van der Waals surface area (Å²) in [5.74, 6) is -3.69. The lowest BCUT2D eigenvalue weighted by molar-refractivity contribution is -0.377. The van der Waals surface area contributed by atoms with Crippen LogP contribution in [-0.2, 0) is 4.79 Å². The van der Waals surface area contributed by atoms with Gasteiger partial charge in [-0.25, -0.2) is 9.88 Å². The SMILES string of the molecule is O=C([O-])C(F)(F)F.O=C1c2cccc3c(-c4cc[nH+]cc4)ccc(c23)C(=O)N1c1cccc(Cl)c1. The lowest BCUT2D eigenvalue weighted by Gasteiger charge is -2.28. The Morgan fingerprint density at radius 3 is 2.03 bits per heavy atom. The van der Waals surface area contributed by atoms with Crippen molar-refractivity contribution < 1.29 is 37.6 Å². The Bertz CT molecular complexity index is 1450. The molecule has 35 heavy (non-hydrogen) atoms. The number of hydrogen-bond acceptors (Lipinski definition) is 4. The third-order valence-corrected chi connectivity index (χ3v) is 5.47. The molecule has 3 aromatic carbocycles. The number of hydrogen-bond donors (Lipinski definition) is 0. The van der Waals surface area contributed by atoms with Gasteiger partial charge in [0.2, 0.25) is 0 Å². The van der Waals surface area contributed by atoms with Crippen LogP contribution in [0.15, 0.2) is 79.1 Å². The quantitative estimate of drug-likeness (QED) is 0.389. The normalized spacial score (nSPS) is 12.9. The maximum Gasteiger partial charge on any atom is 0.430 e. The first-order chi connectivity index (χ1) is 16.6. The van der Waals surface area contributed by atoms with E-state index in [1.165, 1.54) is 4.90 Å². The van der Waals surface area contributed by atoms with E-state index in [2.05, 4.69) is 4.98 Å². The fourth-order valence-corrected chi connectivity index (χ4v) is 3.95. The first-order valence-corrected chi connectivity index (χ1v) is 10.4. The topological polar surface area (TPSA) is 91.6 Å². The summed E-state index contributed by atoms with van der Waals surface area (Å²) in [5, 5.41) is 10.8. The van der Waals surface area contributed by atoms with Gasteiger partial charge in [0.15, 0.2) is 12.4 Å². The number of aromatic nitrogens is 1. The first-order valence-electron chi connectivity index (χ1n) is 10.0. The molecule has 0 bridgehead atoms. The summed E-state index contributed by atoms with van der Waals surface area (Å²) in [5.41, 5.74) is 3.48. The molecule has 1 aliphatic rings. The minimum Gasteiger partial charge on any atom is -0.542 e. The molecule has 0 unspecified atom stereocenters. The average Bonchev–Trinajstić information content (AvgIpc) is 2.83. The van der Waals surface area contributed by atoms with Crippen LogP contribution in [0.5, 0.6) is 0 Å². The third-order valence-electron chi connectivity index (χ3n) is 5.23. The van der Waals surface area contributed by atoms with Crippen molar-refractivity contribution in [3.05, 3.63) is 95.3 Å². The molecule has 1 aliphatic heterocycles. The van der Waals surface area contributed by atoms with Crippen LogP contribution < -0.4 is 15.0 Å². The number of carbonyl (C=O) groups is 3. The number of amides is 2. The number of H-pyrrole nitrogens is 1. The monoisotopic (exact) mass is 498 g/mol. The molecule has 0 fully saturated rings. The lowest BCUT2D eigenvalue weighted by atomic mass is 9.89. The van der Waals surface area contributed by atoms with Gasteiger partial charge in [0.25, 0.3) is 11.8 Å². The molecule has 4 aromatic rings. The molecule has 2 heterocycles.